The molecule has 184 valence electrons. The van der Waals surface area contributed by atoms with Gasteiger partial charge in [0.15, 0.2) is 21.5 Å². The number of amides is 2. The highest BCUT2D eigenvalue weighted by molar-refractivity contribution is 7.92. The number of halogens is 3. The van der Waals surface area contributed by atoms with Crippen LogP contribution in [-0.2, 0) is 14.6 Å². The van der Waals surface area contributed by atoms with E-state index in [1.165, 1.54) is 12.1 Å². The molecule has 0 aromatic heterocycles. The minimum Gasteiger partial charge on any atom is -0.506 e. The van der Waals surface area contributed by atoms with Gasteiger partial charge < -0.3 is 15.7 Å². The Morgan fingerprint density at radius 1 is 1.00 bits per heavy atom. The Hall–Kier alpha value is -3.50. The summed E-state index contributed by atoms with van der Waals surface area (Å²) in [5.41, 5.74) is 0.263. The lowest BCUT2D eigenvalue weighted by Gasteiger charge is -2.18. The standard InChI is InChI=1S/C24H21ClF2N2O5S/c1-3-22(35(33,34)15-6-4-5-13(2)9-15)24(32)28-19-12-21(30)20(11-16(19)25)29-23(31)14-7-8-17(26)18(27)10-14/h4-12,22,30H,3H2,1-2H3,(H,28,32)(H,29,31). The van der Waals surface area contributed by atoms with Crippen molar-refractivity contribution in [3.05, 3.63) is 82.4 Å². The lowest BCUT2D eigenvalue weighted by Crippen LogP contribution is -2.34. The molecular formula is C24H21ClF2N2O5S. The number of carbonyl (C=O) groups is 2. The molecule has 0 aliphatic rings. The Kier molecular flexibility index (Phi) is 7.76. The molecule has 3 rings (SSSR count). The molecule has 3 aromatic rings. The van der Waals surface area contributed by atoms with Crippen LogP contribution in [0.2, 0.25) is 5.02 Å². The summed E-state index contributed by atoms with van der Waals surface area (Å²) in [7, 11) is -4.01. The first-order valence-electron chi connectivity index (χ1n) is 10.3. The number of aryl methyl sites for hydroxylation is 1. The van der Waals surface area contributed by atoms with Gasteiger partial charge >= 0.3 is 0 Å². The molecule has 1 atom stereocenters. The summed E-state index contributed by atoms with van der Waals surface area (Å²) in [5, 5.41) is 13.5. The molecule has 35 heavy (non-hydrogen) atoms. The Bertz CT molecular complexity index is 1410. The van der Waals surface area contributed by atoms with Crippen molar-refractivity contribution in [1.29, 1.82) is 0 Å². The largest absolute Gasteiger partial charge is 0.506 e. The molecule has 0 spiro atoms. The van der Waals surface area contributed by atoms with Crippen LogP contribution in [0.3, 0.4) is 0 Å². The summed E-state index contributed by atoms with van der Waals surface area (Å²) >= 11 is 6.18. The molecule has 7 nitrogen and oxygen atoms in total. The van der Waals surface area contributed by atoms with Gasteiger partial charge in [0, 0.05) is 11.6 Å². The quantitative estimate of drug-likeness (QED) is 0.375. The van der Waals surface area contributed by atoms with Gasteiger partial charge in [-0.3, -0.25) is 9.59 Å². The lowest BCUT2D eigenvalue weighted by molar-refractivity contribution is -0.115. The monoisotopic (exact) mass is 522 g/mol. The van der Waals surface area contributed by atoms with Crippen molar-refractivity contribution in [2.45, 2.75) is 30.4 Å². The molecule has 1 unspecified atom stereocenters. The van der Waals surface area contributed by atoms with Crippen molar-refractivity contribution >= 4 is 44.6 Å². The minimum absolute atomic E-state index is 0.00346. The summed E-state index contributed by atoms with van der Waals surface area (Å²) in [5.74, 6) is -4.54. The van der Waals surface area contributed by atoms with Crippen molar-refractivity contribution < 1.29 is 31.9 Å². The van der Waals surface area contributed by atoms with Crippen LogP contribution in [0.15, 0.2) is 59.5 Å². The van der Waals surface area contributed by atoms with Crippen molar-refractivity contribution in [3.63, 3.8) is 0 Å². The van der Waals surface area contributed by atoms with E-state index < -0.39 is 44.3 Å². The van der Waals surface area contributed by atoms with E-state index in [0.717, 1.165) is 29.8 Å². The Morgan fingerprint density at radius 2 is 1.71 bits per heavy atom. The van der Waals surface area contributed by atoms with E-state index in [4.69, 9.17) is 11.6 Å². The lowest BCUT2D eigenvalue weighted by atomic mass is 10.2. The molecule has 3 N–H and O–H groups in total. The number of nitrogens with one attached hydrogen (secondary N) is 2. The minimum atomic E-state index is -4.01. The van der Waals surface area contributed by atoms with Gasteiger partial charge in [0.05, 0.1) is 21.3 Å². The second-order valence-corrected chi connectivity index (χ2v) is 10.2. The zero-order valence-electron chi connectivity index (χ0n) is 18.6. The van der Waals surface area contributed by atoms with Crippen LogP contribution in [0.25, 0.3) is 0 Å². The van der Waals surface area contributed by atoms with E-state index in [0.29, 0.717) is 6.07 Å². The molecule has 0 saturated heterocycles. The molecular weight excluding hydrogens is 502 g/mol. The van der Waals surface area contributed by atoms with Crippen LogP contribution >= 0.6 is 11.6 Å². The normalized spacial score (nSPS) is 12.1. The van der Waals surface area contributed by atoms with Gasteiger partial charge in [-0.1, -0.05) is 30.7 Å². The number of hydrogen-bond donors (Lipinski definition) is 3. The summed E-state index contributed by atoms with van der Waals surface area (Å²) in [6, 6.07) is 10.9. The zero-order valence-corrected chi connectivity index (χ0v) is 20.2. The van der Waals surface area contributed by atoms with Gasteiger partial charge in [-0.05, 0) is 55.3 Å². The predicted octanol–water partition coefficient (Wildman–Crippen LogP) is 5.08. The number of sulfone groups is 1. The number of rotatable bonds is 7. The maximum atomic E-state index is 13.4. The second kappa shape index (κ2) is 10.4. The van der Waals surface area contributed by atoms with E-state index in [9.17, 15) is 31.9 Å². The molecule has 0 aliphatic heterocycles. The van der Waals surface area contributed by atoms with Gasteiger partial charge in [-0.25, -0.2) is 17.2 Å². The average molecular weight is 523 g/mol. The molecule has 0 saturated carbocycles. The fourth-order valence-corrected chi connectivity index (χ4v) is 5.24. The smallest absolute Gasteiger partial charge is 0.255 e. The highest BCUT2D eigenvalue weighted by atomic mass is 35.5. The number of phenolic OH excluding ortho intramolecular Hbond substituents is 1. The molecule has 0 bridgehead atoms. The summed E-state index contributed by atoms with van der Waals surface area (Å²) in [4.78, 5) is 25.2. The van der Waals surface area contributed by atoms with Gasteiger partial charge in [0.1, 0.15) is 11.0 Å². The summed E-state index contributed by atoms with van der Waals surface area (Å²) in [6.45, 7) is 3.28. The number of anilines is 2. The summed E-state index contributed by atoms with van der Waals surface area (Å²) in [6.07, 6.45) is -0.0198. The van der Waals surface area contributed by atoms with Crippen LogP contribution in [0.1, 0.15) is 29.3 Å². The van der Waals surface area contributed by atoms with Crippen LogP contribution in [0.5, 0.6) is 5.75 Å². The second-order valence-electron chi connectivity index (χ2n) is 7.68. The van der Waals surface area contributed by atoms with Crippen LogP contribution in [0, 0.1) is 18.6 Å². The Labute approximate surface area is 205 Å². The van der Waals surface area contributed by atoms with E-state index in [2.05, 4.69) is 10.6 Å². The van der Waals surface area contributed by atoms with Gasteiger partial charge in [0.25, 0.3) is 5.91 Å². The number of aromatic hydroxyl groups is 1. The SMILES string of the molecule is CCC(C(=O)Nc1cc(O)c(NC(=O)c2ccc(F)c(F)c2)cc1Cl)S(=O)(=O)c1cccc(C)c1. The van der Waals surface area contributed by atoms with Gasteiger partial charge in [-0.2, -0.15) is 0 Å². The first kappa shape index (κ1) is 26.1. The van der Waals surface area contributed by atoms with E-state index in [1.54, 1.807) is 26.0 Å². The van der Waals surface area contributed by atoms with E-state index in [1.807, 2.05) is 0 Å². The fourth-order valence-electron chi connectivity index (χ4n) is 3.31. The van der Waals surface area contributed by atoms with Crippen LogP contribution in [-0.4, -0.2) is 30.6 Å². The first-order chi connectivity index (χ1) is 16.4. The van der Waals surface area contributed by atoms with Crippen molar-refractivity contribution in [2.75, 3.05) is 10.6 Å². The molecule has 0 radical (unpaired) electrons. The van der Waals surface area contributed by atoms with Crippen LogP contribution < -0.4 is 10.6 Å². The zero-order chi connectivity index (χ0) is 25.9. The Balaban J connectivity index is 1.81. The van der Waals surface area contributed by atoms with Crippen molar-refractivity contribution in [1.82, 2.24) is 0 Å². The Morgan fingerprint density at radius 3 is 2.34 bits per heavy atom. The van der Waals surface area contributed by atoms with Crippen molar-refractivity contribution in [3.8, 4) is 5.75 Å². The number of hydrogen-bond acceptors (Lipinski definition) is 5. The third-order valence-corrected chi connectivity index (χ3v) is 7.65. The predicted molar refractivity (Wildman–Crippen MR) is 129 cm³/mol. The maximum absolute atomic E-state index is 13.4. The van der Waals surface area contributed by atoms with Crippen molar-refractivity contribution in [2.24, 2.45) is 0 Å². The number of phenols is 1. The summed E-state index contributed by atoms with van der Waals surface area (Å²) < 4.78 is 52.5. The molecule has 3 aromatic carbocycles. The molecule has 11 heteroatoms. The average Bonchev–Trinajstić information content (AvgIpc) is 2.79. The maximum Gasteiger partial charge on any atom is 0.255 e. The van der Waals surface area contributed by atoms with E-state index >= 15 is 0 Å². The molecule has 0 fully saturated rings. The number of carbonyl (C=O) groups excluding carboxylic acids is 2. The molecule has 0 aliphatic carbocycles. The number of benzene rings is 3. The molecule has 2 amide bonds. The molecule has 0 heterocycles. The third kappa shape index (κ3) is 5.77. The fraction of sp³-hybridized carbons (Fsp3) is 0.167. The van der Waals surface area contributed by atoms with Crippen LogP contribution in [0.4, 0.5) is 20.2 Å². The van der Waals surface area contributed by atoms with E-state index in [-0.39, 0.29) is 33.3 Å². The third-order valence-electron chi connectivity index (χ3n) is 5.13. The van der Waals surface area contributed by atoms with Gasteiger partial charge in [-0.15, -0.1) is 0 Å². The highest BCUT2D eigenvalue weighted by Gasteiger charge is 2.33. The van der Waals surface area contributed by atoms with Gasteiger partial charge in [0.2, 0.25) is 5.91 Å². The highest BCUT2D eigenvalue weighted by Crippen LogP contribution is 2.34. The topological polar surface area (TPSA) is 113 Å². The first-order valence-corrected chi connectivity index (χ1v) is 12.3.